The monoisotopic (exact) mass is 586 g/mol. The molecule has 0 saturated carbocycles. The van der Waals surface area contributed by atoms with Crippen LogP contribution in [0.2, 0.25) is 0 Å². The van der Waals surface area contributed by atoms with E-state index in [4.69, 9.17) is 13.9 Å². The van der Waals surface area contributed by atoms with Crippen LogP contribution in [-0.2, 0) is 0 Å². The Morgan fingerprint density at radius 1 is 0.333 bits per heavy atom. The molecule has 0 radical (unpaired) electrons. The average molecular weight is 587 g/mol. The topological polar surface area (TPSA) is 82.8 Å². The molecule has 0 amide bonds. The molecule has 6 aromatic carbocycles. The van der Waals surface area contributed by atoms with Gasteiger partial charge >= 0.3 is 0 Å². The Labute approximate surface area is 256 Å². The Balaban J connectivity index is 1.22. The molecular weight excluding hydrogens is 564 g/mol. The molecule has 0 spiro atoms. The lowest BCUT2D eigenvalue weighted by Gasteiger charge is -2.09. The molecule has 6 nitrogen and oxygen atoms in total. The van der Waals surface area contributed by atoms with E-state index in [1.807, 2.05) is 24.3 Å². The van der Waals surface area contributed by atoms with Gasteiger partial charge in [-0.05, 0) is 83.9 Å². The minimum Gasteiger partial charge on any atom is -0.457 e. The molecule has 0 aliphatic carbocycles. The molecule has 45 heavy (non-hydrogen) atoms. The molecule has 1 aromatic heterocycles. The Kier molecular flexibility index (Phi) is 6.13. The second-order valence-corrected chi connectivity index (χ2v) is 10.8. The number of carbonyl (C=O) groups excluding carboxylic acids is 2. The lowest BCUT2D eigenvalue weighted by molar-refractivity contribution is 0.103. The standard InChI is InChI=1S/C39H22O6/c40-37-25-5-1-23(2-6-25)24-3-7-26(8-4-24)38(41)28-11-15-30(16-12-28)44-32-18-20-34-36(22-32)45-35-21-31(17-19-33(35)39(34)42)43-29-13-9-27(37)10-14-29/h1-22H. The fraction of sp³-hybridized carbons (Fsp3) is 0. The Morgan fingerprint density at radius 2 is 0.644 bits per heavy atom. The number of rotatable bonds is 0. The lowest BCUT2D eigenvalue weighted by atomic mass is 9.97. The van der Waals surface area contributed by atoms with Gasteiger partial charge in [-0.25, -0.2) is 0 Å². The first-order chi connectivity index (χ1) is 22.0. The van der Waals surface area contributed by atoms with E-state index in [2.05, 4.69) is 0 Å². The van der Waals surface area contributed by atoms with Crippen LogP contribution in [0.1, 0.15) is 31.8 Å². The fourth-order valence-corrected chi connectivity index (χ4v) is 5.52. The second kappa shape index (κ2) is 10.5. The van der Waals surface area contributed by atoms with Crippen LogP contribution in [-0.4, -0.2) is 11.6 Å². The van der Waals surface area contributed by atoms with Crippen LogP contribution < -0.4 is 14.9 Å². The van der Waals surface area contributed by atoms with E-state index in [1.165, 1.54) is 0 Å². The summed E-state index contributed by atoms with van der Waals surface area (Å²) in [5.41, 5.74) is 4.60. The van der Waals surface area contributed by atoms with Crippen molar-refractivity contribution in [1.29, 1.82) is 0 Å². The first-order valence-corrected chi connectivity index (χ1v) is 14.3. The summed E-state index contributed by atoms with van der Waals surface area (Å²) < 4.78 is 18.2. The van der Waals surface area contributed by atoms with Gasteiger partial charge in [0.05, 0.1) is 10.8 Å². The van der Waals surface area contributed by atoms with E-state index >= 15 is 0 Å². The fourth-order valence-electron chi connectivity index (χ4n) is 5.52. The average Bonchev–Trinajstić information content (AvgIpc) is 3.08. The van der Waals surface area contributed by atoms with E-state index in [0.717, 1.165) is 11.1 Å². The second-order valence-electron chi connectivity index (χ2n) is 10.8. The molecule has 7 heterocycles. The van der Waals surface area contributed by atoms with Crippen molar-refractivity contribution in [3.05, 3.63) is 166 Å². The van der Waals surface area contributed by atoms with Crippen molar-refractivity contribution in [2.24, 2.45) is 0 Å². The summed E-state index contributed by atoms with van der Waals surface area (Å²) in [6.07, 6.45) is 0. The van der Waals surface area contributed by atoms with Crippen LogP contribution in [0.25, 0.3) is 33.1 Å². The highest BCUT2D eigenvalue weighted by Gasteiger charge is 2.14. The predicted molar refractivity (Wildman–Crippen MR) is 172 cm³/mol. The molecule has 0 N–H and O–H groups in total. The van der Waals surface area contributed by atoms with Crippen molar-refractivity contribution in [3.8, 4) is 34.1 Å². The van der Waals surface area contributed by atoms with Crippen molar-refractivity contribution in [3.63, 3.8) is 0 Å². The molecular formula is C39H22O6. The Hall–Kier alpha value is -6.27. The van der Waals surface area contributed by atoms with Gasteiger partial charge in [0.25, 0.3) is 0 Å². The first kappa shape index (κ1) is 26.4. The van der Waals surface area contributed by atoms with Gasteiger partial charge in [0.1, 0.15) is 34.2 Å². The third-order valence-electron chi connectivity index (χ3n) is 7.95. The quantitative estimate of drug-likeness (QED) is 0.165. The van der Waals surface area contributed by atoms with Crippen LogP contribution >= 0.6 is 0 Å². The number of benzene rings is 6. The molecule has 13 rings (SSSR count). The van der Waals surface area contributed by atoms with Gasteiger partial charge in [-0.3, -0.25) is 14.4 Å². The molecule has 6 aliphatic heterocycles. The minimum absolute atomic E-state index is 0.111. The van der Waals surface area contributed by atoms with Crippen molar-refractivity contribution < 1.29 is 23.5 Å². The van der Waals surface area contributed by atoms with E-state index in [9.17, 15) is 14.4 Å². The molecule has 6 heteroatoms. The number of ketones is 2. The maximum atomic E-state index is 13.3. The summed E-state index contributed by atoms with van der Waals surface area (Å²) in [4.78, 5) is 39.7. The van der Waals surface area contributed by atoms with Gasteiger partial charge < -0.3 is 13.9 Å². The molecule has 6 aliphatic rings. The third-order valence-corrected chi connectivity index (χ3v) is 7.95. The number of fused-ring (bicyclic) bond motifs is 2. The number of hydrogen-bond acceptors (Lipinski definition) is 6. The highest BCUT2D eigenvalue weighted by molar-refractivity contribution is 6.10. The van der Waals surface area contributed by atoms with Crippen LogP contribution in [0.3, 0.4) is 0 Å². The maximum Gasteiger partial charge on any atom is 0.200 e. The zero-order valence-corrected chi connectivity index (χ0v) is 23.7. The Morgan fingerprint density at radius 3 is 1.02 bits per heavy atom. The number of hydrogen-bond donors (Lipinski definition) is 0. The zero-order chi connectivity index (χ0) is 30.5. The molecule has 7 aromatic rings. The van der Waals surface area contributed by atoms with Crippen molar-refractivity contribution >= 4 is 33.5 Å². The minimum atomic E-state index is -0.167. The van der Waals surface area contributed by atoms with Crippen molar-refractivity contribution in [1.82, 2.24) is 0 Å². The van der Waals surface area contributed by atoms with Gasteiger partial charge in [0, 0.05) is 34.4 Å². The summed E-state index contributed by atoms with van der Waals surface area (Å²) in [6.45, 7) is 0. The number of carbonyl (C=O) groups is 2. The normalized spacial score (nSPS) is 12.5. The van der Waals surface area contributed by atoms with Crippen molar-refractivity contribution in [2.45, 2.75) is 0 Å². The van der Waals surface area contributed by atoms with Gasteiger partial charge in [-0.1, -0.05) is 48.5 Å². The van der Waals surface area contributed by atoms with Gasteiger partial charge in [-0.2, -0.15) is 0 Å². The first-order valence-electron chi connectivity index (χ1n) is 14.3. The van der Waals surface area contributed by atoms with Crippen molar-refractivity contribution in [2.75, 3.05) is 0 Å². The third kappa shape index (κ3) is 4.84. The highest BCUT2D eigenvalue weighted by Crippen LogP contribution is 2.31. The van der Waals surface area contributed by atoms with Gasteiger partial charge in [-0.15, -0.1) is 0 Å². The largest absolute Gasteiger partial charge is 0.457 e. The molecule has 12 bridgehead atoms. The van der Waals surface area contributed by atoms with Gasteiger partial charge in [0.15, 0.2) is 11.6 Å². The summed E-state index contributed by atoms with van der Waals surface area (Å²) in [5.74, 6) is 1.80. The van der Waals surface area contributed by atoms with E-state index in [0.29, 0.717) is 67.2 Å². The summed E-state index contributed by atoms with van der Waals surface area (Å²) in [7, 11) is 0. The Bertz CT molecular complexity index is 2170. The SMILES string of the molecule is O=C1c2ccc(cc2)Oc2ccc3c(=O)c4ccc(cc4oc3c2)Oc2ccc(cc2)C(=O)c2ccc(cc2)-c2ccc1cc2. The highest BCUT2D eigenvalue weighted by atomic mass is 16.5. The van der Waals surface area contributed by atoms with Crippen LogP contribution in [0.4, 0.5) is 0 Å². The van der Waals surface area contributed by atoms with E-state index in [1.54, 1.807) is 109 Å². The smallest absolute Gasteiger partial charge is 0.200 e. The zero-order valence-electron chi connectivity index (χ0n) is 23.7. The molecule has 0 atom stereocenters. The summed E-state index contributed by atoms with van der Waals surface area (Å²) in [6, 6.07) is 38.7. The molecule has 0 fully saturated rings. The summed E-state index contributed by atoms with van der Waals surface area (Å²) >= 11 is 0. The molecule has 0 unspecified atom stereocenters. The number of ether oxygens (including phenoxy) is 2. The van der Waals surface area contributed by atoms with Gasteiger partial charge in [0.2, 0.25) is 5.43 Å². The lowest BCUT2D eigenvalue weighted by Crippen LogP contribution is -2.02. The summed E-state index contributed by atoms with van der Waals surface area (Å²) in [5, 5.41) is 0.850. The van der Waals surface area contributed by atoms with E-state index in [-0.39, 0.29) is 17.0 Å². The predicted octanol–water partition coefficient (Wildman–Crippen LogP) is 8.97. The maximum absolute atomic E-state index is 13.3. The van der Waals surface area contributed by atoms with Crippen LogP contribution in [0.5, 0.6) is 23.0 Å². The van der Waals surface area contributed by atoms with E-state index < -0.39 is 0 Å². The van der Waals surface area contributed by atoms with Crippen LogP contribution in [0.15, 0.2) is 143 Å². The van der Waals surface area contributed by atoms with Crippen LogP contribution in [0, 0.1) is 0 Å². The molecule has 214 valence electrons. The molecule has 0 saturated heterocycles.